The van der Waals surface area contributed by atoms with Crippen LogP contribution in [0, 0.1) is 0 Å². The Balaban J connectivity index is 0.000000140. The van der Waals surface area contributed by atoms with Crippen LogP contribution in [0.1, 0.15) is 19.8 Å². The Morgan fingerprint density at radius 1 is 1.29 bits per heavy atom. The Labute approximate surface area is 83.3 Å². The minimum atomic E-state index is -2.55. The van der Waals surface area contributed by atoms with Crippen LogP contribution in [-0.2, 0) is 19.3 Å². The quantitative estimate of drug-likeness (QED) is 0.565. The van der Waals surface area contributed by atoms with E-state index < -0.39 is 16.0 Å². The fourth-order valence-electron chi connectivity index (χ4n) is 1.16. The summed E-state index contributed by atoms with van der Waals surface area (Å²) in [5.41, 5.74) is 0. The van der Waals surface area contributed by atoms with Crippen molar-refractivity contribution in [2.75, 3.05) is 18.1 Å². The second-order valence-corrected chi connectivity index (χ2v) is 5.65. The van der Waals surface area contributed by atoms with E-state index >= 15 is 0 Å². The van der Waals surface area contributed by atoms with Gasteiger partial charge in [-0.05, 0) is 19.8 Å². The van der Waals surface area contributed by atoms with Crippen LogP contribution in [0.25, 0.3) is 0 Å². The van der Waals surface area contributed by atoms with Crippen LogP contribution in [0.3, 0.4) is 0 Å². The number of sulfone groups is 1. The largest absolute Gasteiger partial charge is 0.508 e. The van der Waals surface area contributed by atoms with Crippen molar-refractivity contribution >= 4 is 16.0 Å². The molecule has 5 nitrogen and oxygen atoms in total. The molecule has 1 unspecified atom stereocenters. The van der Waals surface area contributed by atoms with Crippen LogP contribution >= 0.6 is 0 Å². The van der Waals surface area contributed by atoms with Crippen molar-refractivity contribution in [3.05, 3.63) is 0 Å². The number of cyclic esters (lactones) is 2. The molecule has 2 aliphatic heterocycles. The number of hydrogen-bond donors (Lipinski definition) is 0. The summed E-state index contributed by atoms with van der Waals surface area (Å²) in [6.45, 7) is 2.18. The van der Waals surface area contributed by atoms with Crippen LogP contribution in [-0.4, -0.2) is 38.8 Å². The zero-order valence-corrected chi connectivity index (χ0v) is 8.88. The van der Waals surface area contributed by atoms with Gasteiger partial charge in [-0.15, -0.1) is 0 Å². The van der Waals surface area contributed by atoms with Crippen molar-refractivity contribution in [2.45, 2.75) is 25.9 Å². The van der Waals surface area contributed by atoms with Gasteiger partial charge in [0.2, 0.25) is 0 Å². The maximum Gasteiger partial charge on any atom is 0.508 e. The Morgan fingerprint density at radius 2 is 1.86 bits per heavy atom. The third kappa shape index (κ3) is 3.95. The first kappa shape index (κ1) is 11.3. The van der Waals surface area contributed by atoms with E-state index in [1.165, 1.54) is 0 Å². The highest BCUT2D eigenvalue weighted by Crippen LogP contribution is 2.08. The smallest absolute Gasteiger partial charge is 0.430 e. The summed E-state index contributed by atoms with van der Waals surface area (Å²) >= 11 is 0. The van der Waals surface area contributed by atoms with Crippen molar-refractivity contribution in [1.82, 2.24) is 0 Å². The molecule has 2 aliphatic rings. The molecule has 0 aromatic rings. The minimum Gasteiger partial charge on any atom is -0.430 e. The lowest BCUT2D eigenvalue weighted by molar-refractivity contribution is 0.121. The molecule has 0 aromatic carbocycles. The summed E-state index contributed by atoms with van der Waals surface area (Å²) in [5.74, 6) is 0.847. The molecule has 1 atom stereocenters. The van der Waals surface area contributed by atoms with E-state index in [0.717, 1.165) is 12.8 Å². The highest BCUT2D eigenvalue weighted by atomic mass is 32.2. The predicted molar refractivity (Wildman–Crippen MR) is 49.8 cm³/mol. The fraction of sp³-hybridized carbons (Fsp3) is 0.875. The first-order chi connectivity index (χ1) is 6.49. The molecular weight excluding hydrogens is 208 g/mol. The van der Waals surface area contributed by atoms with E-state index in [1.807, 2.05) is 0 Å². The third-order valence-electron chi connectivity index (χ3n) is 1.89. The van der Waals surface area contributed by atoms with Crippen LogP contribution < -0.4 is 0 Å². The highest BCUT2D eigenvalue weighted by Gasteiger charge is 2.19. The minimum absolute atomic E-state index is 0.0486. The number of carbonyl (C=O) groups is 1. The number of hydrogen-bond acceptors (Lipinski definition) is 5. The molecule has 0 N–H and O–H groups in total. The number of ether oxygens (including phenoxy) is 2. The molecule has 0 amide bonds. The Morgan fingerprint density at radius 3 is 2.00 bits per heavy atom. The lowest BCUT2D eigenvalue weighted by Crippen LogP contribution is -2.01. The normalized spacial score (nSPS) is 28.6. The maximum atomic E-state index is 10.4. The molecule has 2 saturated heterocycles. The SMILES string of the molecule is CC1COC(=O)O1.O=S1(=O)CCCC1. The third-order valence-corrected chi connectivity index (χ3v) is 3.72. The van der Waals surface area contributed by atoms with Gasteiger partial charge in [0.05, 0.1) is 11.5 Å². The molecule has 6 heteroatoms. The van der Waals surface area contributed by atoms with E-state index in [0.29, 0.717) is 18.1 Å². The topological polar surface area (TPSA) is 69.7 Å². The fourth-order valence-corrected chi connectivity index (χ4v) is 2.66. The van der Waals surface area contributed by atoms with Gasteiger partial charge in [-0.2, -0.15) is 0 Å². The number of rotatable bonds is 0. The Bertz CT molecular complexity index is 283. The second kappa shape index (κ2) is 4.63. The summed E-state index contributed by atoms with van der Waals surface area (Å²) < 4.78 is 29.8. The average molecular weight is 222 g/mol. The summed E-state index contributed by atoms with van der Waals surface area (Å²) in [4.78, 5) is 10.0. The van der Waals surface area contributed by atoms with Gasteiger partial charge in [0.15, 0.2) is 0 Å². The molecule has 0 spiro atoms. The maximum absolute atomic E-state index is 10.4. The molecule has 0 radical (unpaired) electrons. The molecule has 2 heterocycles. The molecule has 0 aromatic heterocycles. The first-order valence-electron chi connectivity index (χ1n) is 4.53. The molecule has 2 rings (SSSR count). The van der Waals surface area contributed by atoms with E-state index in [1.54, 1.807) is 6.92 Å². The van der Waals surface area contributed by atoms with E-state index in [-0.39, 0.29) is 6.10 Å². The van der Waals surface area contributed by atoms with Gasteiger partial charge in [-0.25, -0.2) is 13.2 Å². The van der Waals surface area contributed by atoms with E-state index in [9.17, 15) is 13.2 Å². The summed E-state index contributed by atoms with van der Waals surface area (Å²) in [5, 5.41) is 0. The molecule has 14 heavy (non-hydrogen) atoms. The van der Waals surface area contributed by atoms with Crippen molar-refractivity contribution in [3.63, 3.8) is 0 Å². The highest BCUT2D eigenvalue weighted by molar-refractivity contribution is 7.91. The van der Waals surface area contributed by atoms with Crippen molar-refractivity contribution in [3.8, 4) is 0 Å². The lowest BCUT2D eigenvalue weighted by Gasteiger charge is -1.90. The lowest BCUT2D eigenvalue weighted by atomic mass is 10.4. The van der Waals surface area contributed by atoms with Crippen molar-refractivity contribution in [1.29, 1.82) is 0 Å². The van der Waals surface area contributed by atoms with Gasteiger partial charge in [0.25, 0.3) is 0 Å². The zero-order chi connectivity index (χ0) is 10.6. The van der Waals surface area contributed by atoms with Gasteiger partial charge in [0.1, 0.15) is 22.5 Å². The summed E-state index contributed by atoms with van der Waals surface area (Å²) in [7, 11) is -2.55. The molecule has 82 valence electrons. The second-order valence-electron chi connectivity index (χ2n) is 3.35. The monoisotopic (exact) mass is 222 g/mol. The number of carbonyl (C=O) groups excluding carboxylic acids is 1. The molecular formula is C8H14O5S. The summed E-state index contributed by atoms with van der Waals surface area (Å²) in [6.07, 6.45) is 1.16. The molecule has 0 saturated carbocycles. The predicted octanol–water partition coefficient (Wildman–Crippen LogP) is 0.737. The Hall–Kier alpha value is -0.780. The van der Waals surface area contributed by atoms with Crippen LogP contribution in [0.2, 0.25) is 0 Å². The molecule has 0 bridgehead atoms. The van der Waals surface area contributed by atoms with Crippen molar-refractivity contribution in [2.24, 2.45) is 0 Å². The zero-order valence-electron chi connectivity index (χ0n) is 8.06. The molecule has 0 aliphatic carbocycles. The van der Waals surface area contributed by atoms with Gasteiger partial charge >= 0.3 is 6.16 Å². The Kier molecular flexibility index (Phi) is 3.74. The van der Waals surface area contributed by atoms with Gasteiger partial charge < -0.3 is 9.47 Å². The van der Waals surface area contributed by atoms with Crippen LogP contribution in [0.4, 0.5) is 4.79 Å². The van der Waals surface area contributed by atoms with Crippen LogP contribution in [0.15, 0.2) is 0 Å². The average Bonchev–Trinajstić information content (AvgIpc) is 2.61. The van der Waals surface area contributed by atoms with E-state index in [4.69, 9.17) is 0 Å². The van der Waals surface area contributed by atoms with Crippen LogP contribution in [0.5, 0.6) is 0 Å². The van der Waals surface area contributed by atoms with E-state index in [2.05, 4.69) is 9.47 Å². The molecule has 2 fully saturated rings. The van der Waals surface area contributed by atoms with Gasteiger partial charge in [0, 0.05) is 0 Å². The van der Waals surface area contributed by atoms with Crippen molar-refractivity contribution < 1.29 is 22.7 Å². The summed E-state index contributed by atoms with van der Waals surface area (Å²) in [6, 6.07) is 0. The van der Waals surface area contributed by atoms with Gasteiger partial charge in [-0.1, -0.05) is 0 Å². The van der Waals surface area contributed by atoms with Gasteiger partial charge in [-0.3, -0.25) is 0 Å². The standard InChI is InChI=1S/C4H6O3.C4H8O2S/c1-3-2-6-4(5)7-3;5-7(6)3-1-2-4-7/h3H,2H2,1H3;1-4H2. The first-order valence-corrected chi connectivity index (χ1v) is 6.35.